The van der Waals surface area contributed by atoms with Gasteiger partial charge in [-0.1, -0.05) is 29.8 Å². The largest absolute Gasteiger partial charge is 2.00 e. The third-order valence-electron chi connectivity index (χ3n) is 2.10. The summed E-state index contributed by atoms with van der Waals surface area (Å²) in [7, 11) is 0. The zero-order valence-electron chi connectivity index (χ0n) is 10.1. The summed E-state index contributed by atoms with van der Waals surface area (Å²) >= 11 is 0. The summed E-state index contributed by atoms with van der Waals surface area (Å²) in [4.78, 5) is 0. The number of hydrogen-bond acceptors (Lipinski definition) is 0. The van der Waals surface area contributed by atoms with E-state index in [1.165, 1.54) is 16.7 Å². The second kappa shape index (κ2) is 10.1. The van der Waals surface area contributed by atoms with E-state index in [2.05, 4.69) is 49.4 Å². The van der Waals surface area contributed by atoms with Gasteiger partial charge >= 0.3 is 82.5 Å². The molecule has 0 unspecified atom stereocenters. The third-order valence-corrected chi connectivity index (χ3v) is 2.10. The first-order valence-electron chi connectivity index (χ1n) is 4.39. The van der Waals surface area contributed by atoms with Crippen LogP contribution >= 0.6 is 0 Å². The van der Waals surface area contributed by atoms with Gasteiger partial charge in [-0.3, -0.25) is 0 Å². The maximum Gasteiger partial charge on any atom is 2.00 e. The first-order valence-corrected chi connectivity index (χ1v) is 4.39. The number of aryl methyl sites for hydroxylation is 1. The van der Waals surface area contributed by atoms with Gasteiger partial charge in [0.2, 0.25) is 0 Å². The van der Waals surface area contributed by atoms with E-state index in [1.807, 2.05) is 12.1 Å². The van der Waals surface area contributed by atoms with Crippen molar-refractivity contribution in [3.8, 4) is 11.1 Å². The molecule has 0 atom stereocenters. The van der Waals surface area contributed by atoms with Crippen LogP contribution in [-0.2, 0) is 0 Å². The Balaban J connectivity index is 0. The topological polar surface area (TPSA) is 0 Å². The van der Waals surface area contributed by atoms with Gasteiger partial charge in [0.15, 0.2) is 0 Å². The SMILES string of the molecule is Cc1ccc(-c2cc[c-]cc2)cc1.[CH3-].[K+].[U+2]. The molecule has 0 aliphatic carbocycles. The van der Waals surface area contributed by atoms with Crippen LogP contribution in [0.25, 0.3) is 11.1 Å². The molecule has 74 valence electrons. The molecular formula is C14H14KU+. The second-order valence-electron chi connectivity index (χ2n) is 3.15. The molecule has 0 spiro atoms. The summed E-state index contributed by atoms with van der Waals surface area (Å²) in [5.41, 5.74) is 3.81. The van der Waals surface area contributed by atoms with Crippen LogP contribution < -0.4 is 51.4 Å². The van der Waals surface area contributed by atoms with Crippen molar-refractivity contribution in [1.82, 2.24) is 0 Å². The van der Waals surface area contributed by atoms with E-state index in [1.54, 1.807) is 0 Å². The van der Waals surface area contributed by atoms with Crippen LogP contribution in [0.1, 0.15) is 5.56 Å². The molecule has 2 aromatic carbocycles. The first kappa shape index (κ1) is 19.5. The van der Waals surface area contributed by atoms with Crippen molar-refractivity contribution in [2.75, 3.05) is 0 Å². The molecule has 0 heterocycles. The van der Waals surface area contributed by atoms with Gasteiger partial charge < -0.3 is 7.43 Å². The Morgan fingerprint density at radius 3 is 1.75 bits per heavy atom. The van der Waals surface area contributed by atoms with Crippen LogP contribution in [0.2, 0.25) is 0 Å². The summed E-state index contributed by atoms with van der Waals surface area (Å²) < 4.78 is 0. The standard InChI is InChI=1S/C13H11.CH3.K.U/c1-11-7-9-13(10-8-11)12-5-3-2-4-6-12;;;/h3-10H,1H3;1H3;;/q2*-1;+1;+2. The summed E-state index contributed by atoms with van der Waals surface area (Å²) in [5.74, 6) is 0. The van der Waals surface area contributed by atoms with Gasteiger partial charge in [0.05, 0.1) is 0 Å². The quantitative estimate of drug-likeness (QED) is 0.440. The van der Waals surface area contributed by atoms with E-state index in [9.17, 15) is 0 Å². The number of hydrogen-bond donors (Lipinski definition) is 0. The smallest absolute Gasteiger partial charge is 0.358 e. The fourth-order valence-electron chi connectivity index (χ4n) is 1.33. The van der Waals surface area contributed by atoms with Gasteiger partial charge in [0.25, 0.3) is 0 Å². The van der Waals surface area contributed by atoms with Gasteiger partial charge in [-0.05, 0) is 12.5 Å². The fraction of sp³-hybridized carbons (Fsp3) is 0.0714. The summed E-state index contributed by atoms with van der Waals surface area (Å²) in [6, 6.07) is 19.6. The Bertz CT molecular complexity index is 381. The monoisotopic (exact) mass is 459 g/mol. The Morgan fingerprint density at radius 2 is 1.25 bits per heavy atom. The molecule has 0 saturated carbocycles. The van der Waals surface area contributed by atoms with E-state index < -0.39 is 0 Å². The number of rotatable bonds is 1. The van der Waals surface area contributed by atoms with Crippen molar-refractivity contribution in [2.45, 2.75) is 6.92 Å². The molecule has 0 radical (unpaired) electrons. The maximum atomic E-state index is 3.01. The molecular weight excluding hydrogens is 445 g/mol. The van der Waals surface area contributed by atoms with Crippen LogP contribution in [0, 0.1) is 51.5 Å². The molecule has 0 nitrogen and oxygen atoms in total. The Labute approximate surface area is 165 Å². The van der Waals surface area contributed by atoms with Crippen molar-refractivity contribution in [2.24, 2.45) is 0 Å². The molecule has 0 aromatic heterocycles. The van der Waals surface area contributed by atoms with Crippen molar-refractivity contribution in [1.29, 1.82) is 0 Å². The zero-order chi connectivity index (χ0) is 9.10. The van der Waals surface area contributed by atoms with Crippen LogP contribution in [0.15, 0.2) is 48.5 Å². The molecule has 2 heteroatoms. The van der Waals surface area contributed by atoms with Crippen LogP contribution in [0.5, 0.6) is 0 Å². The third kappa shape index (κ3) is 5.65. The maximum absolute atomic E-state index is 3.01. The van der Waals surface area contributed by atoms with Crippen LogP contribution in [0.3, 0.4) is 0 Å². The Hall–Kier alpha value is 1.13. The minimum Gasteiger partial charge on any atom is -0.358 e. The Kier molecular flexibility index (Phi) is 12.3. The molecule has 2 rings (SSSR count). The average molecular weight is 459 g/mol. The van der Waals surface area contributed by atoms with Gasteiger partial charge in [0, 0.05) is 0 Å². The summed E-state index contributed by atoms with van der Waals surface area (Å²) in [6.07, 6.45) is 0. The molecule has 0 N–H and O–H groups in total. The predicted molar refractivity (Wildman–Crippen MR) is 61.9 cm³/mol. The van der Waals surface area contributed by atoms with Crippen molar-refractivity contribution in [3.05, 3.63) is 67.6 Å². The van der Waals surface area contributed by atoms with Crippen molar-refractivity contribution >= 4 is 0 Å². The van der Waals surface area contributed by atoms with E-state index >= 15 is 0 Å². The van der Waals surface area contributed by atoms with E-state index in [0.717, 1.165) is 0 Å². The van der Waals surface area contributed by atoms with E-state index in [0.29, 0.717) is 0 Å². The van der Waals surface area contributed by atoms with Crippen molar-refractivity contribution in [3.63, 3.8) is 0 Å². The van der Waals surface area contributed by atoms with Crippen LogP contribution in [0.4, 0.5) is 0 Å². The minimum absolute atomic E-state index is 0. The molecule has 0 bridgehead atoms. The molecule has 0 amide bonds. The summed E-state index contributed by atoms with van der Waals surface area (Å²) in [6.45, 7) is 2.10. The fourth-order valence-corrected chi connectivity index (χ4v) is 1.33. The molecule has 16 heavy (non-hydrogen) atoms. The first-order chi connectivity index (χ1) is 6.36. The van der Waals surface area contributed by atoms with Gasteiger partial charge in [-0.25, -0.2) is 0 Å². The van der Waals surface area contributed by atoms with Gasteiger partial charge in [-0.2, -0.15) is 30.3 Å². The van der Waals surface area contributed by atoms with Gasteiger partial charge in [-0.15, -0.1) is 5.56 Å². The molecule has 0 aliphatic heterocycles. The molecule has 0 fully saturated rings. The van der Waals surface area contributed by atoms with E-state index in [-0.39, 0.29) is 89.9 Å². The number of benzene rings is 2. The van der Waals surface area contributed by atoms with E-state index in [4.69, 9.17) is 0 Å². The zero-order valence-corrected chi connectivity index (χ0v) is 17.4. The average Bonchev–Trinajstić information content (AvgIpc) is 2.20. The molecule has 0 saturated heterocycles. The Morgan fingerprint density at radius 1 is 0.812 bits per heavy atom. The predicted octanol–water partition coefficient (Wildman–Crippen LogP) is 0.916. The minimum atomic E-state index is 0. The molecule has 0 aliphatic rings. The van der Waals surface area contributed by atoms with Crippen LogP contribution in [-0.4, -0.2) is 0 Å². The van der Waals surface area contributed by atoms with Crippen molar-refractivity contribution < 1.29 is 82.5 Å². The second-order valence-corrected chi connectivity index (χ2v) is 3.15. The summed E-state index contributed by atoms with van der Waals surface area (Å²) in [5, 5.41) is 0. The normalized spacial score (nSPS) is 8.06. The van der Waals surface area contributed by atoms with Gasteiger partial charge in [0.1, 0.15) is 0 Å². The molecule has 2 aromatic rings.